The number of H-pyrrole nitrogens is 1. The van der Waals surface area contributed by atoms with Crippen molar-refractivity contribution in [2.75, 3.05) is 11.9 Å². The number of nitrogens with zero attached hydrogens (tertiary/aromatic N) is 4. The van der Waals surface area contributed by atoms with Crippen molar-refractivity contribution in [3.8, 4) is 0 Å². The minimum atomic E-state index is -0.409. The summed E-state index contributed by atoms with van der Waals surface area (Å²) in [6.45, 7) is 0.230. The van der Waals surface area contributed by atoms with Gasteiger partial charge in [0.05, 0.1) is 27.9 Å². The second kappa shape index (κ2) is 6.19. The van der Waals surface area contributed by atoms with E-state index in [1.54, 1.807) is 48.5 Å². The van der Waals surface area contributed by atoms with Gasteiger partial charge in [0.1, 0.15) is 16.2 Å². The predicted octanol–water partition coefficient (Wildman–Crippen LogP) is 3.08. The lowest BCUT2D eigenvalue weighted by atomic mass is 10.1. The van der Waals surface area contributed by atoms with Crippen LogP contribution in [0.25, 0.3) is 21.1 Å². The molecule has 0 spiro atoms. The van der Waals surface area contributed by atoms with E-state index in [2.05, 4.69) is 15.0 Å². The molecule has 0 atom stereocenters. The van der Waals surface area contributed by atoms with Crippen LogP contribution in [-0.2, 0) is 6.54 Å². The highest BCUT2D eigenvalue weighted by atomic mass is 32.1. The average molecular weight is 367 g/mol. The summed E-state index contributed by atoms with van der Waals surface area (Å²) in [4.78, 5) is 36.4. The van der Waals surface area contributed by atoms with Gasteiger partial charge in [-0.05, 0) is 35.7 Å². The first-order chi connectivity index (χ1) is 12.5. The van der Waals surface area contributed by atoms with Gasteiger partial charge in [-0.25, -0.2) is 4.98 Å². The first-order valence-electron chi connectivity index (χ1n) is 7.74. The lowest BCUT2D eigenvalue weighted by molar-refractivity contribution is -0.382. The number of anilines is 1. The average Bonchev–Trinajstić information content (AvgIpc) is 3.09. The molecule has 1 aromatic carbocycles. The number of thiophene rings is 1. The molecule has 8 nitrogen and oxygen atoms in total. The molecule has 130 valence electrons. The van der Waals surface area contributed by atoms with Gasteiger partial charge < -0.3 is 9.88 Å². The normalized spacial score (nSPS) is 11.1. The standard InChI is InChI=1S/C17H13N5O3S/c1-21(9-14-19-12-6-8-26-16(12)17(23)20-14)13-5-4-11-10(3-2-7-18-11)15(13)22(24)25/h2-8H,9H2,1H3,(H,19,20,23). The Bertz CT molecular complexity index is 1200. The number of nitrogens with one attached hydrogen (secondary N) is 1. The molecule has 26 heavy (non-hydrogen) atoms. The quantitative estimate of drug-likeness (QED) is 0.439. The Morgan fingerprint density at radius 2 is 2.12 bits per heavy atom. The molecule has 3 aromatic heterocycles. The van der Waals surface area contributed by atoms with E-state index < -0.39 is 4.92 Å². The number of hydrogen-bond donors (Lipinski definition) is 1. The Kier molecular flexibility index (Phi) is 3.85. The second-order valence-corrected chi connectivity index (χ2v) is 6.68. The van der Waals surface area contributed by atoms with Gasteiger partial charge in [-0.2, -0.15) is 0 Å². The van der Waals surface area contributed by atoms with Crippen molar-refractivity contribution in [3.63, 3.8) is 0 Å². The van der Waals surface area contributed by atoms with Crippen molar-refractivity contribution in [3.05, 3.63) is 68.2 Å². The Balaban J connectivity index is 1.78. The summed E-state index contributed by atoms with van der Waals surface area (Å²) in [6.07, 6.45) is 1.60. The number of hydrogen-bond acceptors (Lipinski definition) is 7. The predicted molar refractivity (Wildman–Crippen MR) is 101 cm³/mol. The van der Waals surface area contributed by atoms with Crippen molar-refractivity contribution in [2.45, 2.75) is 6.54 Å². The molecule has 0 aliphatic carbocycles. The maximum Gasteiger partial charge on any atom is 0.301 e. The number of aromatic amines is 1. The fourth-order valence-corrected chi connectivity index (χ4v) is 3.66. The number of nitro benzene ring substituents is 1. The van der Waals surface area contributed by atoms with Crippen molar-refractivity contribution >= 4 is 43.8 Å². The van der Waals surface area contributed by atoms with Crippen LogP contribution in [0.2, 0.25) is 0 Å². The first kappa shape index (κ1) is 16.2. The molecule has 3 heterocycles. The topological polar surface area (TPSA) is 105 Å². The van der Waals surface area contributed by atoms with E-state index in [-0.39, 0.29) is 17.8 Å². The van der Waals surface area contributed by atoms with Gasteiger partial charge in [0.15, 0.2) is 0 Å². The van der Waals surface area contributed by atoms with Crippen LogP contribution in [0.15, 0.2) is 46.7 Å². The number of fused-ring (bicyclic) bond motifs is 2. The monoisotopic (exact) mass is 367 g/mol. The van der Waals surface area contributed by atoms with E-state index in [0.717, 1.165) is 0 Å². The second-order valence-electron chi connectivity index (χ2n) is 5.76. The number of rotatable bonds is 4. The van der Waals surface area contributed by atoms with Crippen molar-refractivity contribution < 1.29 is 4.92 Å². The molecular formula is C17H13N5O3S. The van der Waals surface area contributed by atoms with Gasteiger partial charge in [0, 0.05) is 13.2 Å². The molecule has 1 N–H and O–H groups in total. The molecule has 0 saturated carbocycles. The summed E-state index contributed by atoms with van der Waals surface area (Å²) >= 11 is 1.33. The highest BCUT2D eigenvalue weighted by Gasteiger charge is 2.22. The minimum absolute atomic E-state index is 0.0166. The number of nitro groups is 1. The fourth-order valence-electron chi connectivity index (χ4n) is 2.93. The summed E-state index contributed by atoms with van der Waals surface area (Å²) in [5, 5.41) is 13.9. The van der Waals surface area contributed by atoms with Crippen LogP contribution in [0.4, 0.5) is 11.4 Å². The molecule has 4 aromatic rings. The zero-order valence-electron chi connectivity index (χ0n) is 13.7. The van der Waals surface area contributed by atoms with Crippen LogP contribution >= 0.6 is 11.3 Å². The smallest absolute Gasteiger partial charge is 0.301 e. The van der Waals surface area contributed by atoms with E-state index in [9.17, 15) is 14.9 Å². The molecule has 0 aliphatic heterocycles. The van der Waals surface area contributed by atoms with Gasteiger partial charge in [0.25, 0.3) is 5.56 Å². The molecule has 0 radical (unpaired) electrons. The summed E-state index contributed by atoms with van der Waals surface area (Å²) in [5.74, 6) is 0.448. The number of aromatic nitrogens is 3. The van der Waals surface area contributed by atoms with Crippen molar-refractivity contribution in [2.24, 2.45) is 0 Å². The molecule has 0 fully saturated rings. The van der Waals surface area contributed by atoms with Crippen LogP contribution in [0.1, 0.15) is 5.82 Å². The number of benzene rings is 1. The van der Waals surface area contributed by atoms with E-state index in [1.165, 1.54) is 11.3 Å². The third kappa shape index (κ3) is 2.68. The van der Waals surface area contributed by atoms with E-state index >= 15 is 0 Å². The fraction of sp³-hybridized carbons (Fsp3) is 0.118. The number of pyridine rings is 1. The van der Waals surface area contributed by atoms with Gasteiger partial charge in [0.2, 0.25) is 0 Å². The van der Waals surface area contributed by atoms with Gasteiger partial charge in [-0.3, -0.25) is 19.9 Å². The third-order valence-corrected chi connectivity index (χ3v) is 4.98. The third-order valence-electron chi connectivity index (χ3n) is 4.08. The van der Waals surface area contributed by atoms with Crippen molar-refractivity contribution in [1.82, 2.24) is 15.0 Å². The maximum atomic E-state index is 12.1. The molecule has 4 rings (SSSR count). The van der Waals surface area contributed by atoms with E-state index in [0.29, 0.717) is 32.6 Å². The van der Waals surface area contributed by atoms with Crippen LogP contribution in [-0.4, -0.2) is 26.9 Å². The first-order valence-corrected chi connectivity index (χ1v) is 8.62. The molecule has 0 bridgehead atoms. The Morgan fingerprint density at radius 1 is 1.27 bits per heavy atom. The van der Waals surface area contributed by atoms with Crippen LogP contribution < -0.4 is 10.5 Å². The summed E-state index contributed by atoms with van der Waals surface area (Å²) in [7, 11) is 1.72. The highest BCUT2D eigenvalue weighted by Crippen LogP contribution is 2.34. The highest BCUT2D eigenvalue weighted by molar-refractivity contribution is 7.17. The minimum Gasteiger partial charge on any atom is -0.362 e. The molecule has 0 saturated heterocycles. The zero-order chi connectivity index (χ0) is 18.3. The Labute approximate surface area is 150 Å². The SMILES string of the molecule is CN(Cc1nc2ccsc2c(=O)[nH]1)c1ccc2ncccc2c1[N+](=O)[O-]. The molecule has 0 aliphatic rings. The molecule has 0 unspecified atom stereocenters. The summed E-state index contributed by atoms with van der Waals surface area (Å²) in [6, 6.07) is 8.53. The van der Waals surface area contributed by atoms with Crippen LogP contribution in [0.5, 0.6) is 0 Å². The van der Waals surface area contributed by atoms with Gasteiger partial charge in [-0.1, -0.05) is 0 Å². The van der Waals surface area contributed by atoms with E-state index in [1.807, 2.05) is 5.38 Å². The largest absolute Gasteiger partial charge is 0.362 e. The van der Waals surface area contributed by atoms with Crippen molar-refractivity contribution in [1.29, 1.82) is 0 Å². The maximum absolute atomic E-state index is 12.1. The Morgan fingerprint density at radius 3 is 2.92 bits per heavy atom. The lowest BCUT2D eigenvalue weighted by Gasteiger charge is -2.19. The van der Waals surface area contributed by atoms with Crippen LogP contribution in [0.3, 0.4) is 0 Å². The van der Waals surface area contributed by atoms with Gasteiger partial charge >= 0.3 is 5.69 Å². The Hall–Kier alpha value is -3.33. The lowest BCUT2D eigenvalue weighted by Crippen LogP contribution is -2.22. The van der Waals surface area contributed by atoms with Gasteiger partial charge in [-0.15, -0.1) is 11.3 Å². The summed E-state index contributed by atoms with van der Waals surface area (Å²) in [5.41, 5.74) is 1.40. The molecule has 0 amide bonds. The van der Waals surface area contributed by atoms with Crippen LogP contribution in [0, 0.1) is 10.1 Å². The summed E-state index contributed by atoms with van der Waals surface area (Å²) < 4.78 is 0.569. The molecule has 9 heteroatoms. The van der Waals surface area contributed by atoms with E-state index in [4.69, 9.17) is 0 Å². The molecular weight excluding hydrogens is 354 g/mol. The zero-order valence-corrected chi connectivity index (χ0v) is 14.5.